The summed E-state index contributed by atoms with van der Waals surface area (Å²) in [7, 11) is 1.98. The molecule has 2 rings (SSSR count). The van der Waals surface area contributed by atoms with E-state index in [1.165, 1.54) is 11.0 Å². The Hall–Kier alpha value is -1.72. The van der Waals surface area contributed by atoms with Crippen molar-refractivity contribution in [1.29, 1.82) is 0 Å². The van der Waals surface area contributed by atoms with Gasteiger partial charge in [0.25, 0.3) is 0 Å². The SMILES string of the molecule is Bc1ccc(-n2cnnn2)nc1. The van der Waals surface area contributed by atoms with E-state index in [1.807, 2.05) is 20.0 Å². The van der Waals surface area contributed by atoms with Gasteiger partial charge >= 0.3 is 0 Å². The van der Waals surface area contributed by atoms with Crippen LogP contribution in [0.3, 0.4) is 0 Å². The Morgan fingerprint density at radius 3 is 2.83 bits per heavy atom. The Morgan fingerprint density at radius 1 is 1.33 bits per heavy atom. The van der Waals surface area contributed by atoms with Gasteiger partial charge in [-0.25, -0.2) is 4.98 Å². The molecule has 0 saturated carbocycles. The first kappa shape index (κ1) is 6.96. The smallest absolute Gasteiger partial charge is 0.156 e. The zero-order chi connectivity index (χ0) is 8.39. The number of nitrogens with zero attached hydrogens (tertiary/aromatic N) is 5. The molecule has 0 atom stereocenters. The molecule has 0 bridgehead atoms. The Labute approximate surface area is 69.8 Å². The first-order chi connectivity index (χ1) is 5.86. The van der Waals surface area contributed by atoms with E-state index < -0.39 is 0 Å². The minimum atomic E-state index is 0.727. The molecular formula is C6H6BN5. The van der Waals surface area contributed by atoms with Gasteiger partial charge in [0, 0.05) is 6.20 Å². The zero-order valence-corrected chi connectivity index (χ0v) is 6.55. The standard InChI is InChI=1S/C6H6BN5/c7-5-1-2-6(8-3-5)12-4-9-10-11-12/h1-4H,7H2. The van der Waals surface area contributed by atoms with Gasteiger partial charge < -0.3 is 0 Å². The molecule has 0 aliphatic heterocycles. The fourth-order valence-electron chi connectivity index (χ4n) is 0.862. The van der Waals surface area contributed by atoms with Crippen LogP contribution in [0.2, 0.25) is 0 Å². The monoisotopic (exact) mass is 159 g/mol. The maximum Gasteiger partial charge on any atom is 0.156 e. The van der Waals surface area contributed by atoms with Gasteiger partial charge in [-0.3, -0.25) is 0 Å². The van der Waals surface area contributed by atoms with E-state index in [0.29, 0.717) is 0 Å². The van der Waals surface area contributed by atoms with Crippen molar-refractivity contribution < 1.29 is 0 Å². The number of hydrogen-bond donors (Lipinski definition) is 0. The summed E-state index contributed by atoms with van der Waals surface area (Å²) in [5, 5.41) is 10.7. The number of hydrogen-bond acceptors (Lipinski definition) is 4. The fourth-order valence-corrected chi connectivity index (χ4v) is 0.862. The van der Waals surface area contributed by atoms with Crippen LogP contribution in [0, 0.1) is 0 Å². The lowest BCUT2D eigenvalue weighted by Gasteiger charge is -1.96. The van der Waals surface area contributed by atoms with Crippen LogP contribution in [0.25, 0.3) is 5.82 Å². The molecule has 0 radical (unpaired) electrons. The van der Waals surface area contributed by atoms with Crippen molar-refractivity contribution in [2.45, 2.75) is 0 Å². The van der Waals surface area contributed by atoms with Crippen molar-refractivity contribution in [2.75, 3.05) is 0 Å². The molecule has 0 aromatic carbocycles. The van der Waals surface area contributed by atoms with Crippen LogP contribution in [-0.4, -0.2) is 33.0 Å². The predicted octanol–water partition coefficient (Wildman–Crippen LogP) is -1.68. The number of aromatic nitrogens is 5. The normalized spacial score (nSPS) is 10.0. The Morgan fingerprint density at radius 2 is 2.25 bits per heavy atom. The first-order valence-electron chi connectivity index (χ1n) is 3.52. The molecule has 0 saturated heterocycles. The van der Waals surface area contributed by atoms with Gasteiger partial charge in [0.1, 0.15) is 14.2 Å². The van der Waals surface area contributed by atoms with Crippen LogP contribution >= 0.6 is 0 Å². The quantitative estimate of drug-likeness (QED) is 0.466. The van der Waals surface area contributed by atoms with Crippen molar-refractivity contribution in [2.24, 2.45) is 0 Å². The van der Waals surface area contributed by atoms with Crippen LogP contribution in [-0.2, 0) is 0 Å². The lowest BCUT2D eigenvalue weighted by Crippen LogP contribution is -2.06. The second-order valence-electron chi connectivity index (χ2n) is 2.45. The van der Waals surface area contributed by atoms with Crippen molar-refractivity contribution in [3.63, 3.8) is 0 Å². The third kappa shape index (κ3) is 1.18. The van der Waals surface area contributed by atoms with E-state index in [0.717, 1.165) is 11.3 Å². The molecule has 0 spiro atoms. The van der Waals surface area contributed by atoms with Gasteiger partial charge in [-0.1, -0.05) is 11.5 Å². The number of tetrazole rings is 1. The summed E-state index contributed by atoms with van der Waals surface area (Å²) in [6.07, 6.45) is 3.29. The Kier molecular flexibility index (Phi) is 1.58. The Bertz CT molecular complexity index is 354. The molecule has 0 aliphatic carbocycles. The van der Waals surface area contributed by atoms with Crippen LogP contribution in [0.1, 0.15) is 0 Å². The average Bonchev–Trinajstić information content (AvgIpc) is 2.58. The number of pyridine rings is 1. The molecule has 2 heterocycles. The van der Waals surface area contributed by atoms with Crippen molar-refractivity contribution in [3.8, 4) is 5.82 Å². The van der Waals surface area contributed by atoms with E-state index in [1.54, 1.807) is 6.20 Å². The minimum absolute atomic E-state index is 0.727. The van der Waals surface area contributed by atoms with Crippen LogP contribution in [0.15, 0.2) is 24.7 Å². The molecule has 12 heavy (non-hydrogen) atoms. The Balaban J connectivity index is 2.43. The molecule has 2 aromatic heterocycles. The average molecular weight is 159 g/mol. The van der Waals surface area contributed by atoms with E-state index >= 15 is 0 Å². The van der Waals surface area contributed by atoms with Crippen LogP contribution in [0.4, 0.5) is 0 Å². The largest absolute Gasteiger partial charge is 0.238 e. The molecule has 58 valence electrons. The van der Waals surface area contributed by atoms with Gasteiger partial charge in [0.2, 0.25) is 0 Å². The van der Waals surface area contributed by atoms with Gasteiger partial charge in [-0.15, -0.1) is 5.10 Å². The minimum Gasteiger partial charge on any atom is -0.238 e. The fraction of sp³-hybridized carbons (Fsp3) is 0. The molecule has 0 fully saturated rings. The highest BCUT2D eigenvalue weighted by molar-refractivity contribution is 6.32. The van der Waals surface area contributed by atoms with Crippen molar-refractivity contribution in [1.82, 2.24) is 25.2 Å². The summed E-state index contributed by atoms with van der Waals surface area (Å²) < 4.78 is 1.51. The second kappa shape index (κ2) is 2.73. The predicted molar refractivity (Wildman–Crippen MR) is 45.1 cm³/mol. The summed E-state index contributed by atoms with van der Waals surface area (Å²) in [5.41, 5.74) is 1.12. The van der Waals surface area contributed by atoms with Crippen LogP contribution in [0.5, 0.6) is 0 Å². The molecule has 0 N–H and O–H groups in total. The van der Waals surface area contributed by atoms with E-state index in [9.17, 15) is 0 Å². The third-order valence-electron chi connectivity index (χ3n) is 1.48. The van der Waals surface area contributed by atoms with E-state index in [-0.39, 0.29) is 0 Å². The molecule has 0 unspecified atom stereocenters. The maximum absolute atomic E-state index is 4.14. The topological polar surface area (TPSA) is 56.5 Å². The van der Waals surface area contributed by atoms with Gasteiger partial charge in [0.05, 0.1) is 0 Å². The molecule has 6 heteroatoms. The summed E-state index contributed by atoms with van der Waals surface area (Å²) in [6.45, 7) is 0. The lowest BCUT2D eigenvalue weighted by molar-refractivity contribution is 0.771. The summed E-state index contributed by atoms with van der Waals surface area (Å²) in [4.78, 5) is 4.14. The highest BCUT2D eigenvalue weighted by atomic mass is 15.5. The molecule has 0 aliphatic rings. The second-order valence-corrected chi connectivity index (χ2v) is 2.45. The molecular weight excluding hydrogens is 153 g/mol. The molecule has 5 nitrogen and oxygen atoms in total. The van der Waals surface area contributed by atoms with Gasteiger partial charge in [-0.05, 0) is 16.5 Å². The van der Waals surface area contributed by atoms with Crippen molar-refractivity contribution in [3.05, 3.63) is 24.7 Å². The van der Waals surface area contributed by atoms with E-state index in [2.05, 4.69) is 20.5 Å². The first-order valence-corrected chi connectivity index (χ1v) is 3.52. The zero-order valence-electron chi connectivity index (χ0n) is 6.55. The van der Waals surface area contributed by atoms with Gasteiger partial charge in [-0.2, -0.15) is 4.68 Å². The molecule has 0 amide bonds. The third-order valence-corrected chi connectivity index (χ3v) is 1.48. The maximum atomic E-state index is 4.14. The lowest BCUT2D eigenvalue weighted by atomic mass is 9.99. The highest BCUT2D eigenvalue weighted by Gasteiger charge is 1.96. The van der Waals surface area contributed by atoms with Gasteiger partial charge in [0.15, 0.2) is 5.82 Å². The summed E-state index contributed by atoms with van der Waals surface area (Å²) in [6, 6.07) is 3.83. The van der Waals surface area contributed by atoms with E-state index in [4.69, 9.17) is 0 Å². The summed E-state index contributed by atoms with van der Waals surface area (Å²) >= 11 is 0. The summed E-state index contributed by atoms with van der Waals surface area (Å²) in [5.74, 6) is 0.727. The number of rotatable bonds is 1. The van der Waals surface area contributed by atoms with Crippen molar-refractivity contribution >= 4 is 13.3 Å². The molecule has 2 aromatic rings. The van der Waals surface area contributed by atoms with Crippen LogP contribution < -0.4 is 5.46 Å². The highest BCUT2D eigenvalue weighted by Crippen LogP contribution is 1.95.